The van der Waals surface area contributed by atoms with E-state index in [9.17, 15) is 9.59 Å². The van der Waals surface area contributed by atoms with Crippen LogP contribution in [-0.2, 0) is 17.9 Å². The lowest BCUT2D eigenvalue weighted by atomic mass is 9.98. The minimum atomic E-state index is -0.470. The molecule has 0 saturated heterocycles. The fourth-order valence-electron chi connectivity index (χ4n) is 3.83. The molecule has 0 saturated carbocycles. The molecule has 3 heterocycles. The summed E-state index contributed by atoms with van der Waals surface area (Å²) in [4.78, 5) is 29.8. The average molecular weight is 450 g/mol. The zero-order chi connectivity index (χ0) is 23.5. The van der Waals surface area contributed by atoms with Crippen LogP contribution in [0.4, 0.5) is 0 Å². The zero-order valence-corrected chi connectivity index (χ0v) is 18.6. The van der Waals surface area contributed by atoms with Crippen LogP contribution in [0.1, 0.15) is 27.2 Å². The molecule has 5 aromatic rings. The number of hydrogen-bond donors (Lipinski definition) is 0. The summed E-state index contributed by atoms with van der Waals surface area (Å²) >= 11 is 0. The number of carbonyl (C=O) groups excluding carboxylic acids is 1. The maximum atomic E-state index is 12.9. The molecule has 0 atom stereocenters. The molecular weight excluding hydrogens is 428 g/mol. The van der Waals surface area contributed by atoms with Gasteiger partial charge >= 0.3 is 5.97 Å². The second-order valence-corrected chi connectivity index (χ2v) is 8.04. The molecule has 0 aliphatic heterocycles. The number of carbonyl (C=O) groups is 1. The number of aromatic nitrogens is 4. The first kappa shape index (κ1) is 21.3. The highest BCUT2D eigenvalue weighted by molar-refractivity contribution is 5.97. The normalized spacial score (nSPS) is 11.0. The van der Waals surface area contributed by atoms with Crippen LogP contribution in [0.3, 0.4) is 0 Å². The van der Waals surface area contributed by atoms with Gasteiger partial charge < -0.3 is 4.74 Å². The SMILES string of the molecule is Cc1ccc2nc(COC(=O)c3ccccc3-c3ccc(Cn4cccn4)cc3)cc(=O)n2c1. The van der Waals surface area contributed by atoms with E-state index in [1.807, 2.05) is 66.3 Å². The van der Waals surface area contributed by atoms with Crippen molar-refractivity contribution in [1.29, 1.82) is 0 Å². The molecule has 2 aromatic carbocycles. The molecule has 0 unspecified atom stereocenters. The van der Waals surface area contributed by atoms with Gasteiger partial charge in [-0.3, -0.25) is 13.9 Å². The van der Waals surface area contributed by atoms with E-state index in [4.69, 9.17) is 4.74 Å². The molecule has 0 aliphatic carbocycles. The third kappa shape index (κ3) is 4.49. The predicted molar refractivity (Wildman–Crippen MR) is 129 cm³/mol. The van der Waals surface area contributed by atoms with E-state index in [1.54, 1.807) is 30.6 Å². The topological polar surface area (TPSA) is 78.5 Å². The zero-order valence-electron chi connectivity index (χ0n) is 18.6. The van der Waals surface area contributed by atoms with Gasteiger partial charge in [0.15, 0.2) is 0 Å². The highest BCUT2D eigenvalue weighted by Crippen LogP contribution is 2.25. The van der Waals surface area contributed by atoms with Gasteiger partial charge in [0, 0.05) is 24.7 Å². The van der Waals surface area contributed by atoms with Crippen molar-refractivity contribution in [3.8, 4) is 11.1 Å². The van der Waals surface area contributed by atoms with E-state index in [0.717, 1.165) is 22.3 Å². The smallest absolute Gasteiger partial charge is 0.339 e. The monoisotopic (exact) mass is 450 g/mol. The lowest BCUT2D eigenvalue weighted by Gasteiger charge is -2.11. The van der Waals surface area contributed by atoms with E-state index in [-0.39, 0.29) is 12.2 Å². The summed E-state index contributed by atoms with van der Waals surface area (Å²) in [6, 6.07) is 22.3. The summed E-state index contributed by atoms with van der Waals surface area (Å²) in [7, 11) is 0. The Hall–Kier alpha value is -4.52. The number of fused-ring (bicyclic) bond motifs is 1. The summed E-state index contributed by atoms with van der Waals surface area (Å²) < 4.78 is 8.87. The van der Waals surface area contributed by atoms with Crippen molar-refractivity contribution < 1.29 is 9.53 Å². The largest absolute Gasteiger partial charge is 0.456 e. The number of pyridine rings is 1. The maximum Gasteiger partial charge on any atom is 0.339 e. The Morgan fingerprint density at radius 3 is 2.62 bits per heavy atom. The Morgan fingerprint density at radius 2 is 1.82 bits per heavy atom. The second kappa shape index (κ2) is 9.15. The molecule has 0 amide bonds. The molecule has 0 spiro atoms. The molecule has 0 radical (unpaired) electrons. The van der Waals surface area contributed by atoms with Crippen LogP contribution in [0.25, 0.3) is 16.8 Å². The summed E-state index contributed by atoms with van der Waals surface area (Å²) in [5.41, 5.74) is 4.92. The van der Waals surface area contributed by atoms with Gasteiger partial charge in [0.1, 0.15) is 12.3 Å². The second-order valence-electron chi connectivity index (χ2n) is 8.04. The molecule has 5 rings (SSSR count). The molecule has 34 heavy (non-hydrogen) atoms. The molecule has 0 bridgehead atoms. The Bertz CT molecular complexity index is 1520. The molecule has 168 valence electrons. The van der Waals surface area contributed by atoms with Crippen LogP contribution in [-0.4, -0.2) is 25.1 Å². The third-order valence-electron chi connectivity index (χ3n) is 5.53. The Labute approximate surface area is 195 Å². The molecule has 0 N–H and O–H groups in total. The van der Waals surface area contributed by atoms with Crippen molar-refractivity contribution in [2.45, 2.75) is 20.1 Å². The number of hydrogen-bond acceptors (Lipinski definition) is 5. The first-order valence-corrected chi connectivity index (χ1v) is 10.9. The minimum absolute atomic E-state index is 0.0877. The van der Waals surface area contributed by atoms with E-state index < -0.39 is 5.97 Å². The van der Waals surface area contributed by atoms with Gasteiger partial charge in [-0.15, -0.1) is 0 Å². The van der Waals surface area contributed by atoms with E-state index in [1.165, 1.54) is 10.5 Å². The predicted octanol–water partition coefficient (Wildman–Crippen LogP) is 4.27. The van der Waals surface area contributed by atoms with Gasteiger partial charge in [0.25, 0.3) is 5.56 Å². The summed E-state index contributed by atoms with van der Waals surface area (Å²) in [6.07, 6.45) is 5.40. The van der Waals surface area contributed by atoms with Crippen molar-refractivity contribution in [2.24, 2.45) is 0 Å². The van der Waals surface area contributed by atoms with E-state index >= 15 is 0 Å². The minimum Gasteiger partial charge on any atom is -0.456 e. The van der Waals surface area contributed by atoms with Crippen molar-refractivity contribution >= 4 is 11.6 Å². The number of aryl methyl sites for hydroxylation is 1. The van der Waals surface area contributed by atoms with Crippen molar-refractivity contribution in [3.05, 3.63) is 124 Å². The van der Waals surface area contributed by atoms with Crippen LogP contribution < -0.4 is 5.56 Å². The maximum absolute atomic E-state index is 12.9. The number of esters is 1. The molecule has 0 fully saturated rings. The fraction of sp³-hybridized carbons (Fsp3) is 0.111. The lowest BCUT2D eigenvalue weighted by Crippen LogP contribution is -2.17. The number of benzene rings is 2. The van der Waals surface area contributed by atoms with Crippen LogP contribution in [0.5, 0.6) is 0 Å². The highest BCUT2D eigenvalue weighted by atomic mass is 16.5. The summed E-state index contributed by atoms with van der Waals surface area (Å²) in [5, 5.41) is 4.23. The highest BCUT2D eigenvalue weighted by Gasteiger charge is 2.15. The van der Waals surface area contributed by atoms with Gasteiger partial charge in [0.2, 0.25) is 0 Å². The first-order chi connectivity index (χ1) is 16.6. The fourth-order valence-corrected chi connectivity index (χ4v) is 3.83. The van der Waals surface area contributed by atoms with Crippen molar-refractivity contribution in [3.63, 3.8) is 0 Å². The number of nitrogens with zero attached hydrogens (tertiary/aromatic N) is 4. The standard InChI is InChI=1S/C27H22N4O3/c1-19-7-12-25-29-22(15-26(32)31(25)16-19)18-34-27(33)24-6-3-2-5-23(24)21-10-8-20(9-11-21)17-30-14-4-13-28-30/h2-16H,17-18H2,1H3. The Kier molecular flexibility index (Phi) is 5.74. The van der Waals surface area contributed by atoms with Gasteiger partial charge in [-0.2, -0.15) is 5.10 Å². The molecule has 3 aromatic heterocycles. The third-order valence-corrected chi connectivity index (χ3v) is 5.53. The van der Waals surface area contributed by atoms with Gasteiger partial charge in [-0.25, -0.2) is 9.78 Å². The molecule has 0 aliphatic rings. The molecular formula is C27H22N4O3. The first-order valence-electron chi connectivity index (χ1n) is 10.9. The summed E-state index contributed by atoms with van der Waals surface area (Å²) in [5.74, 6) is -0.470. The van der Waals surface area contributed by atoms with Crippen LogP contribution in [0.2, 0.25) is 0 Å². The van der Waals surface area contributed by atoms with Gasteiger partial charge in [-0.1, -0.05) is 48.5 Å². The van der Waals surface area contributed by atoms with Gasteiger partial charge in [0.05, 0.1) is 17.8 Å². The van der Waals surface area contributed by atoms with E-state index in [2.05, 4.69) is 10.1 Å². The molecule has 7 heteroatoms. The molecule has 7 nitrogen and oxygen atoms in total. The van der Waals surface area contributed by atoms with Crippen LogP contribution >= 0.6 is 0 Å². The van der Waals surface area contributed by atoms with Crippen molar-refractivity contribution in [1.82, 2.24) is 19.2 Å². The van der Waals surface area contributed by atoms with Gasteiger partial charge in [-0.05, 0) is 47.4 Å². The summed E-state index contributed by atoms with van der Waals surface area (Å²) in [6.45, 7) is 2.50. The Morgan fingerprint density at radius 1 is 1.00 bits per heavy atom. The Balaban J connectivity index is 1.34. The lowest BCUT2D eigenvalue weighted by molar-refractivity contribution is 0.0468. The van der Waals surface area contributed by atoms with E-state index in [0.29, 0.717) is 23.4 Å². The number of ether oxygens (including phenoxy) is 1. The quantitative estimate of drug-likeness (QED) is 0.361. The van der Waals surface area contributed by atoms with Crippen LogP contribution in [0, 0.1) is 6.92 Å². The van der Waals surface area contributed by atoms with Crippen LogP contribution in [0.15, 0.2) is 96.2 Å². The number of rotatable bonds is 6. The average Bonchev–Trinajstić information content (AvgIpc) is 3.37. The van der Waals surface area contributed by atoms with Crippen molar-refractivity contribution in [2.75, 3.05) is 0 Å².